The van der Waals surface area contributed by atoms with Crippen LogP contribution in [0.4, 0.5) is 0 Å². The number of quaternary nitrogens is 1. The molecule has 1 heterocycles. The fraction of sp³-hybridized carbons (Fsp3) is 0.800. The summed E-state index contributed by atoms with van der Waals surface area (Å²) in [6.07, 6.45) is 13.2. The standard InChI is InChI=1S/C15H29N2O/c1-3-5-6-7-8-9-10-15-16-11-12-17(15,4-2)13-14-18/h9-11,15,18H,3-8,12-14H2,1-2H3/q+1/b10-9+. The molecule has 0 aromatic heterocycles. The number of nitrogens with zero attached hydrogens (tertiary/aromatic N) is 2. The van der Waals surface area contributed by atoms with Crippen molar-refractivity contribution in [1.82, 2.24) is 0 Å². The van der Waals surface area contributed by atoms with Crippen LogP contribution >= 0.6 is 0 Å². The smallest absolute Gasteiger partial charge is 0.202 e. The van der Waals surface area contributed by atoms with Gasteiger partial charge in [-0.15, -0.1) is 0 Å². The van der Waals surface area contributed by atoms with Crippen molar-refractivity contribution in [2.75, 3.05) is 26.2 Å². The lowest BCUT2D eigenvalue weighted by Crippen LogP contribution is -2.53. The SMILES string of the molecule is CCCCCC/C=C/C1N=CC[N+]1(CC)CCO. The number of rotatable bonds is 9. The van der Waals surface area contributed by atoms with Gasteiger partial charge < -0.3 is 5.11 Å². The Morgan fingerprint density at radius 3 is 2.83 bits per heavy atom. The average molecular weight is 253 g/mol. The lowest BCUT2D eigenvalue weighted by molar-refractivity contribution is -0.929. The number of hydrogen-bond donors (Lipinski definition) is 1. The zero-order valence-corrected chi connectivity index (χ0v) is 12.0. The Balaban J connectivity index is 2.39. The fourth-order valence-corrected chi connectivity index (χ4v) is 2.60. The van der Waals surface area contributed by atoms with Crippen molar-refractivity contribution in [3.8, 4) is 0 Å². The number of likely N-dealkylation sites (N-methyl/N-ethyl adjacent to an activating group) is 1. The molecule has 1 aliphatic heterocycles. The van der Waals surface area contributed by atoms with E-state index in [4.69, 9.17) is 0 Å². The summed E-state index contributed by atoms with van der Waals surface area (Å²) in [7, 11) is 0. The maximum Gasteiger partial charge on any atom is 0.202 e. The number of aliphatic imine (C=N–C) groups is 1. The van der Waals surface area contributed by atoms with Crippen LogP contribution < -0.4 is 0 Å². The number of aliphatic hydroxyl groups excluding tert-OH is 1. The highest BCUT2D eigenvalue weighted by Crippen LogP contribution is 2.20. The molecule has 3 nitrogen and oxygen atoms in total. The molecular weight excluding hydrogens is 224 g/mol. The second-order valence-corrected chi connectivity index (χ2v) is 5.19. The molecule has 0 fully saturated rings. The third-order valence-corrected chi connectivity index (χ3v) is 3.97. The van der Waals surface area contributed by atoms with Crippen LogP contribution in [0.5, 0.6) is 0 Å². The van der Waals surface area contributed by atoms with Crippen molar-refractivity contribution in [1.29, 1.82) is 0 Å². The van der Waals surface area contributed by atoms with E-state index in [0.717, 1.165) is 30.5 Å². The minimum Gasteiger partial charge on any atom is -0.391 e. The Morgan fingerprint density at radius 2 is 2.17 bits per heavy atom. The molecular formula is C15H29N2O+. The minimum atomic E-state index is 0.230. The summed E-state index contributed by atoms with van der Waals surface area (Å²) in [6, 6.07) is 0. The van der Waals surface area contributed by atoms with E-state index >= 15 is 0 Å². The first-order valence-electron chi connectivity index (χ1n) is 7.44. The van der Waals surface area contributed by atoms with Gasteiger partial charge in [-0.25, -0.2) is 4.99 Å². The second-order valence-electron chi connectivity index (χ2n) is 5.19. The summed E-state index contributed by atoms with van der Waals surface area (Å²) in [6.45, 7) is 7.48. The van der Waals surface area contributed by atoms with Crippen LogP contribution in [0.1, 0.15) is 46.0 Å². The van der Waals surface area contributed by atoms with Crippen molar-refractivity contribution in [2.45, 2.75) is 52.1 Å². The highest BCUT2D eigenvalue weighted by atomic mass is 16.3. The zero-order chi connectivity index (χ0) is 13.3. The Hall–Kier alpha value is -0.670. The van der Waals surface area contributed by atoms with Gasteiger partial charge in [0, 0.05) is 0 Å². The molecule has 0 amide bonds. The van der Waals surface area contributed by atoms with Gasteiger partial charge in [0.25, 0.3) is 0 Å². The number of aliphatic hydroxyl groups is 1. The Bertz CT molecular complexity index is 276. The molecule has 0 aromatic rings. The van der Waals surface area contributed by atoms with Gasteiger partial charge in [0.1, 0.15) is 13.1 Å². The maximum absolute atomic E-state index is 9.21. The molecule has 0 radical (unpaired) electrons. The Kier molecular flexibility index (Phi) is 7.21. The molecule has 1 aliphatic rings. The van der Waals surface area contributed by atoms with Crippen LogP contribution in [0, 0.1) is 0 Å². The number of unbranched alkanes of at least 4 members (excludes halogenated alkanes) is 4. The quantitative estimate of drug-likeness (QED) is 0.382. The predicted octanol–water partition coefficient (Wildman–Crippen LogP) is 2.75. The van der Waals surface area contributed by atoms with Gasteiger partial charge in [0.15, 0.2) is 0 Å². The van der Waals surface area contributed by atoms with Crippen LogP contribution in [0.25, 0.3) is 0 Å². The second kappa shape index (κ2) is 8.44. The third kappa shape index (κ3) is 4.21. The normalized spacial score (nSPS) is 27.4. The summed E-state index contributed by atoms with van der Waals surface area (Å²) in [5, 5.41) is 9.21. The molecule has 1 N–H and O–H groups in total. The van der Waals surface area contributed by atoms with Gasteiger partial charge in [-0.2, -0.15) is 0 Å². The van der Waals surface area contributed by atoms with Gasteiger partial charge in [0.05, 0.1) is 19.4 Å². The highest BCUT2D eigenvalue weighted by Gasteiger charge is 2.35. The first-order valence-corrected chi connectivity index (χ1v) is 7.44. The van der Waals surface area contributed by atoms with E-state index in [-0.39, 0.29) is 12.8 Å². The van der Waals surface area contributed by atoms with E-state index in [9.17, 15) is 5.11 Å². The Morgan fingerprint density at radius 1 is 1.33 bits per heavy atom. The van der Waals surface area contributed by atoms with Crippen molar-refractivity contribution in [2.24, 2.45) is 4.99 Å². The average Bonchev–Trinajstić information content (AvgIpc) is 2.78. The van der Waals surface area contributed by atoms with E-state index in [1.807, 2.05) is 6.21 Å². The summed E-state index contributed by atoms with van der Waals surface area (Å²) in [4.78, 5) is 4.56. The van der Waals surface area contributed by atoms with E-state index < -0.39 is 0 Å². The van der Waals surface area contributed by atoms with Crippen LogP contribution in [-0.4, -0.2) is 48.2 Å². The van der Waals surface area contributed by atoms with Gasteiger partial charge in [0.2, 0.25) is 6.17 Å². The topological polar surface area (TPSA) is 32.6 Å². The van der Waals surface area contributed by atoms with Crippen LogP contribution in [-0.2, 0) is 0 Å². The summed E-state index contributed by atoms with van der Waals surface area (Å²) in [5.74, 6) is 0. The zero-order valence-electron chi connectivity index (χ0n) is 12.0. The van der Waals surface area contributed by atoms with E-state index in [1.54, 1.807) is 0 Å². The predicted molar refractivity (Wildman–Crippen MR) is 77.8 cm³/mol. The maximum atomic E-state index is 9.21. The number of hydrogen-bond acceptors (Lipinski definition) is 2. The van der Waals surface area contributed by atoms with Gasteiger partial charge in [-0.3, -0.25) is 4.48 Å². The molecule has 2 unspecified atom stereocenters. The van der Waals surface area contributed by atoms with Crippen molar-refractivity contribution in [3.05, 3.63) is 12.2 Å². The third-order valence-electron chi connectivity index (χ3n) is 3.97. The van der Waals surface area contributed by atoms with Gasteiger partial charge >= 0.3 is 0 Å². The van der Waals surface area contributed by atoms with Gasteiger partial charge in [-0.1, -0.05) is 32.3 Å². The summed E-state index contributed by atoms with van der Waals surface area (Å²) >= 11 is 0. The lowest BCUT2D eigenvalue weighted by Gasteiger charge is -2.36. The molecule has 18 heavy (non-hydrogen) atoms. The first kappa shape index (κ1) is 15.4. The van der Waals surface area contributed by atoms with Crippen LogP contribution in [0.2, 0.25) is 0 Å². The molecule has 2 atom stereocenters. The first-order chi connectivity index (χ1) is 8.79. The van der Waals surface area contributed by atoms with Gasteiger partial charge in [-0.05, 0) is 25.8 Å². The Labute approximate surface area is 112 Å². The molecule has 3 heteroatoms. The lowest BCUT2D eigenvalue weighted by atomic mass is 10.1. The van der Waals surface area contributed by atoms with Crippen molar-refractivity contribution < 1.29 is 9.59 Å². The van der Waals surface area contributed by atoms with Crippen LogP contribution in [0.15, 0.2) is 17.1 Å². The monoisotopic (exact) mass is 253 g/mol. The minimum absolute atomic E-state index is 0.230. The van der Waals surface area contributed by atoms with Crippen molar-refractivity contribution >= 4 is 6.21 Å². The molecule has 1 rings (SSSR count). The fourth-order valence-electron chi connectivity index (χ4n) is 2.60. The van der Waals surface area contributed by atoms with Crippen molar-refractivity contribution in [3.63, 3.8) is 0 Å². The molecule has 104 valence electrons. The molecule has 0 saturated carbocycles. The van der Waals surface area contributed by atoms with Crippen LogP contribution in [0.3, 0.4) is 0 Å². The molecule has 0 aromatic carbocycles. The molecule has 0 saturated heterocycles. The van der Waals surface area contributed by atoms with E-state index in [1.165, 1.54) is 25.7 Å². The highest BCUT2D eigenvalue weighted by molar-refractivity contribution is 5.60. The largest absolute Gasteiger partial charge is 0.391 e. The summed E-state index contributed by atoms with van der Waals surface area (Å²) < 4.78 is 0.891. The molecule has 0 spiro atoms. The summed E-state index contributed by atoms with van der Waals surface area (Å²) in [5.41, 5.74) is 0. The molecule has 0 aliphatic carbocycles. The van der Waals surface area contributed by atoms with E-state index in [2.05, 4.69) is 31.0 Å². The molecule has 0 bridgehead atoms. The van der Waals surface area contributed by atoms with E-state index in [0.29, 0.717) is 0 Å². The number of allylic oxidation sites excluding steroid dienone is 1.